The van der Waals surface area contributed by atoms with E-state index in [2.05, 4.69) is 0 Å². The molecular weight excluding hydrogens is 388 g/mol. The molecule has 3 rings (SSSR count). The number of aryl methyl sites for hydroxylation is 1. The van der Waals surface area contributed by atoms with Crippen LogP contribution < -0.4 is 19.8 Å². The first-order valence-corrected chi connectivity index (χ1v) is 9.04. The highest BCUT2D eigenvalue weighted by Gasteiger charge is 2.19. The Balaban J connectivity index is 1.91. The van der Waals surface area contributed by atoms with Crippen molar-refractivity contribution in [2.45, 2.75) is 13.8 Å². The summed E-state index contributed by atoms with van der Waals surface area (Å²) in [5.74, 6) is 0.0245. The maximum atomic E-state index is 12.3. The molecule has 3 aromatic rings. The second kappa shape index (κ2) is 8.65. The van der Waals surface area contributed by atoms with Gasteiger partial charge >= 0.3 is 11.6 Å². The number of ketones is 1. The van der Waals surface area contributed by atoms with Gasteiger partial charge in [0.25, 0.3) is 0 Å². The number of methoxy groups -OCH3 is 2. The Morgan fingerprint density at radius 1 is 0.967 bits per heavy atom. The third-order valence-electron chi connectivity index (χ3n) is 4.46. The quantitative estimate of drug-likeness (QED) is 0.201. The number of fused-ring (bicyclic) bond motifs is 1. The number of esters is 1. The molecule has 0 atom stereocenters. The van der Waals surface area contributed by atoms with E-state index in [9.17, 15) is 14.4 Å². The Labute approximate surface area is 172 Å². The molecule has 1 heterocycles. The number of carbonyl (C=O) groups excluding carboxylic acids is 2. The van der Waals surface area contributed by atoms with Crippen molar-refractivity contribution in [2.24, 2.45) is 0 Å². The minimum atomic E-state index is -0.693. The maximum absolute atomic E-state index is 12.3. The molecule has 0 saturated heterocycles. The number of Topliss-reactive ketones (excluding diaryl/α,β-unsaturated/α-hetero) is 1. The molecular formula is C23H20O7. The number of carbonyl (C=O) groups is 2. The van der Waals surface area contributed by atoms with Gasteiger partial charge in [-0.25, -0.2) is 9.59 Å². The summed E-state index contributed by atoms with van der Waals surface area (Å²) >= 11 is 0. The summed E-state index contributed by atoms with van der Waals surface area (Å²) < 4.78 is 21.0. The number of hydrogen-bond donors (Lipinski definition) is 0. The lowest BCUT2D eigenvalue weighted by Crippen LogP contribution is -2.09. The van der Waals surface area contributed by atoms with E-state index in [0.29, 0.717) is 28.0 Å². The van der Waals surface area contributed by atoms with E-state index in [1.165, 1.54) is 39.4 Å². The Hall–Kier alpha value is -3.87. The van der Waals surface area contributed by atoms with E-state index in [-0.39, 0.29) is 22.7 Å². The van der Waals surface area contributed by atoms with Crippen LogP contribution in [-0.4, -0.2) is 26.0 Å². The van der Waals surface area contributed by atoms with Crippen LogP contribution in [0.4, 0.5) is 0 Å². The molecule has 0 aliphatic heterocycles. The number of rotatable bonds is 6. The highest BCUT2D eigenvalue weighted by Crippen LogP contribution is 2.30. The maximum Gasteiger partial charge on any atom is 0.336 e. The van der Waals surface area contributed by atoms with Crippen molar-refractivity contribution >= 4 is 28.8 Å². The van der Waals surface area contributed by atoms with Crippen molar-refractivity contribution < 1.29 is 28.2 Å². The summed E-state index contributed by atoms with van der Waals surface area (Å²) in [6.07, 6.45) is 2.77. The molecule has 0 fully saturated rings. The highest BCUT2D eigenvalue weighted by molar-refractivity contribution is 6.08. The minimum Gasteiger partial charge on any atom is -0.493 e. The molecule has 0 N–H and O–H groups in total. The van der Waals surface area contributed by atoms with Crippen LogP contribution in [0.1, 0.15) is 28.4 Å². The van der Waals surface area contributed by atoms with Gasteiger partial charge in [-0.15, -0.1) is 0 Å². The fourth-order valence-electron chi connectivity index (χ4n) is 3.05. The SMILES string of the molecule is COc1ccc(/C=C/C(=O)Oc2ccc3c(C)cc(=O)oc3c2C(C)=O)cc1OC. The number of hydrogen-bond acceptors (Lipinski definition) is 7. The van der Waals surface area contributed by atoms with Gasteiger partial charge < -0.3 is 18.6 Å². The highest BCUT2D eigenvalue weighted by atomic mass is 16.5. The predicted octanol–water partition coefficient (Wildman–Crippen LogP) is 3.94. The van der Waals surface area contributed by atoms with E-state index >= 15 is 0 Å². The predicted molar refractivity (Wildman–Crippen MR) is 111 cm³/mol. The zero-order valence-corrected chi connectivity index (χ0v) is 17.0. The van der Waals surface area contributed by atoms with E-state index in [0.717, 1.165) is 0 Å². The van der Waals surface area contributed by atoms with Gasteiger partial charge in [-0.1, -0.05) is 6.07 Å². The molecule has 0 saturated carbocycles. The van der Waals surface area contributed by atoms with Gasteiger partial charge in [0.1, 0.15) is 11.3 Å². The second-order valence-corrected chi connectivity index (χ2v) is 6.49. The average molecular weight is 408 g/mol. The smallest absolute Gasteiger partial charge is 0.336 e. The monoisotopic (exact) mass is 408 g/mol. The zero-order chi connectivity index (χ0) is 21.8. The van der Waals surface area contributed by atoms with Crippen molar-refractivity contribution in [3.8, 4) is 17.2 Å². The number of ether oxygens (including phenoxy) is 3. The van der Waals surface area contributed by atoms with Gasteiger partial charge in [0.05, 0.1) is 14.2 Å². The Morgan fingerprint density at radius 3 is 2.33 bits per heavy atom. The largest absolute Gasteiger partial charge is 0.493 e. The van der Waals surface area contributed by atoms with E-state index in [4.69, 9.17) is 18.6 Å². The molecule has 0 aliphatic carbocycles. The summed E-state index contributed by atoms with van der Waals surface area (Å²) in [6.45, 7) is 3.05. The Kier molecular flexibility index (Phi) is 6.01. The molecule has 0 unspecified atom stereocenters. The van der Waals surface area contributed by atoms with Crippen LogP contribution in [-0.2, 0) is 4.79 Å². The van der Waals surface area contributed by atoms with Crippen LogP contribution in [0, 0.1) is 6.92 Å². The van der Waals surface area contributed by atoms with Crippen molar-refractivity contribution in [2.75, 3.05) is 14.2 Å². The number of benzene rings is 2. The van der Waals surface area contributed by atoms with Gasteiger partial charge in [0, 0.05) is 17.5 Å². The summed E-state index contributed by atoms with van der Waals surface area (Å²) in [5.41, 5.74) is 0.911. The summed E-state index contributed by atoms with van der Waals surface area (Å²) in [7, 11) is 3.05. The third kappa shape index (κ3) is 4.25. The van der Waals surface area contributed by atoms with Gasteiger partial charge in [-0.2, -0.15) is 0 Å². The fraction of sp³-hybridized carbons (Fsp3) is 0.174. The third-order valence-corrected chi connectivity index (χ3v) is 4.46. The summed E-state index contributed by atoms with van der Waals surface area (Å²) in [4.78, 5) is 36.3. The molecule has 2 aromatic carbocycles. The van der Waals surface area contributed by atoms with Crippen LogP contribution in [0.15, 0.2) is 51.7 Å². The molecule has 0 aliphatic rings. The first-order chi connectivity index (χ1) is 14.3. The zero-order valence-electron chi connectivity index (χ0n) is 17.0. The first kappa shape index (κ1) is 20.9. The first-order valence-electron chi connectivity index (χ1n) is 9.04. The standard InChI is InChI=1S/C23H20O7/c1-13-11-21(26)30-23-16(13)7-9-18(22(23)14(2)24)29-20(25)10-6-15-5-8-17(27-3)19(12-15)28-4/h5-12H,1-4H3/b10-6+. The summed E-state index contributed by atoms with van der Waals surface area (Å²) in [5, 5.41) is 0.598. The van der Waals surface area contributed by atoms with E-state index in [1.54, 1.807) is 37.3 Å². The molecule has 7 nitrogen and oxygen atoms in total. The van der Waals surface area contributed by atoms with Gasteiger partial charge in [-0.05, 0) is 55.3 Å². The summed E-state index contributed by atoms with van der Waals surface area (Å²) in [6, 6.07) is 9.65. The Morgan fingerprint density at radius 2 is 1.67 bits per heavy atom. The van der Waals surface area contributed by atoms with Crippen LogP contribution >= 0.6 is 0 Å². The molecule has 30 heavy (non-hydrogen) atoms. The second-order valence-electron chi connectivity index (χ2n) is 6.49. The lowest BCUT2D eigenvalue weighted by molar-refractivity contribution is -0.128. The van der Waals surface area contributed by atoms with Gasteiger partial charge in [0.15, 0.2) is 22.9 Å². The minimum absolute atomic E-state index is 0.0192. The van der Waals surface area contributed by atoms with Crippen molar-refractivity contribution in [3.63, 3.8) is 0 Å². The molecule has 0 radical (unpaired) electrons. The lowest BCUT2D eigenvalue weighted by Gasteiger charge is -2.10. The lowest BCUT2D eigenvalue weighted by atomic mass is 10.0. The van der Waals surface area contributed by atoms with Crippen LogP contribution in [0.2, 0.25) is 0 Å². The normalized spacial score (nSPS) is 10.9. The Bertz CT molecular complexity index is 1220. The van der Waals surface area contributed by atoms with E-state index < -0.39 is 11.6 Å². The van der Waals surface area contributed by atoms with Crippen molar-refractivity contribution in [1.29, 1.82) is 0 Å². The van der Waals surface area contributed by atoms with Crippen LogP contribution in [0.5, 0.6) is 17.2 Å². The van der Waals surface area contributed by atoms with Crippen LogP contribution in [0.3, 0.4) is 0 Å². The average Bonchev–Trinajstić information content (AvgIpc) is 2.71. The molecule has 1 aromatic heterocycles. The molecule has 0 amide bonds. The van der Waals surface area contributed by atoms with Gasteiger partial charge in [0.2, 0.25) is 0 Å². The molecule has 0 bridgehead atoms. The van der Waals surface area contributed by atoms with Gasteiger partial charge in [-0.3, -0.25) is 4.79 Å². The molecule has 154 valence electrons. The van der Waals surface area contributed by atoms with Crippen LogP contribution in [0.25, 0.3) is 17.0 Å². The molecule has 7 heteroatoms. The van der Waals surface area contributed by atoms with E-state index in [1.807, 2.05) is 0 Å². The topological polar surface area (TPSA) is 92.0 Å². The van der Waals surface area contributed by atoms with Crippen molar-refractivity contribution in [1.82, 2.24) is 0 Å². The molecule has 0 spiro atoms. The van der Waals surface area contributed by atoms with Crippen molar-refractivity contribution in [3.05, 3.63) is 69.6 Å². The fourth-order valence-corrected chi connectivity index (χ4v) is 3.05.